The first kappa shape index (κ1) is 14.8. The zero-order valence-electron chi connectivity index (χ0n) is 12.7. The van der Waals surface area contributed by atoms with E-state index < -0.39 is 0 Å². The molecule has 0 radical (unpaired) electrons. The Balaban J connectivity index is 1.64. The second-order valence-corrected chi connectivity index (χ2v) is 5.66. The molecule has 0 aliphatic carbocycles. The Labute approximate surface area is 130 Å². The Bertz CT molecular complexity index is 549. The fraction of sp³-hybridized carbons (Fsp3) is 0.500. The van der Waals surface area contributed by atoms with Crippen LogP contribution >= 0.6 is 0 Å². The van der Waals surface area contributed by atoms with Gasteiger partial charge in [0.1, 0.15) is 12.6 Å². The highest BCUT2D eigenvalue weighted by Crippen LogP contribution is 2.30. The van der Waals surface area contributed by atoms with Crippen molar-refractivity contribution in [3.63, 3.8) is 0 Å². The van der Waals surface area contributed by atoms with Crippen LogP contribution in [0, 0.1) is 0 Å². The van der Waals surface area contributed by atoms with Crippen LogP contribution in [0.25, 0.3) is 0 Å². The van der Waals surface area contributed by atoms with Gasteiger partial charge in [-0.1, -0.05) is 30.3 Å². The van der Waals surface area contributed by atoms with E-state index in [9.17, 15) is 9.59 Å². The van der Waals surface area contributed by atoms with E-state index in [1.165, 1.54) is 5.06 Å². The van der Waals surface area contributed by atoms with Crippen molar-refractivity contribution >= 4 is 11.9 Å². The van der Waals surface area contributed by atoms with E-state index >= 15 is 0 Å². The molecule has 2 aliphatic heterocycles. The van der Waals surface area contributed by atoms with Crippen LogP contribution in [0.3, 0.4) is 0 Å². The number of carbonyl (C=O) groups is 2. The molecule has 2 bridgehead atoms. The van der Waals surface area contributed by atoms with Crippen molar-refractivity contribution in [3.05, 3.63) is 35.9 Å². The topological polar surface area (TPSA) is 61.9 Å². The van der Waals surface area contributed by atoms with Crippen LogP contribution in [0.15, 0.2) is 30.3 Å². The lowest BCUT2D eigenvalue weighted by Gasteiger charge is -2.29. The molecule has 2 aliphatic rings. The standard InChI is InChI=1S/C16H21N3O3/c1-2-17-15(20)14-9-8-13-10-18(14)16(21)19(13)22-11-12-6-4-3-5-7-12/h3-7,13-14H,2,8-11H2,1H3,(H,17,20)/t13-,14+/m1/s1. The minimum absolute atomic E-state index is 0.0434. The number of piperidine rings is 1. The van der Waals surface area contributed by atoms with E-state index in [4.69, 9.17) is 4.84 Å². The molecule has 6 heteroatoms. The molecule has 1 aromatic carbocycles. The number of rotatable bonds is 5. The van der Waals surface area contributed by atoms with E-state index in [2.05, 4.69) is 5.32 Å². The van der Waals surface area contributed by atoms with E-state index in [0.717, 1.165) is 12.0 Å². The predicted octanol–water partition coefficient (Wildman–Crippen LogP) is 1.52. The third kappa shape index (κ3) is 2.78. The van der Waals surface area contributed by atoms with Gasteiger partial charge < -0.3 is 10.2 Å². The molecule has 118 valence electrons. The maximum absolute atomic E-state index is 12.5. The zero-order chi connectivity index (χ0) is 15.5. The molecule has 1 N–H and O–H groups in total. The van der Waals surface area contributed by atoms with Crippen molar-refractivity contribution in [2.75, 3.05) is 13.1 Å². The van der Waals surface area contributed by atoms with Crippen molar-refractivity contribution in [1.82, 2.24) is 15.3 Å². The number of fused-ring (bicyclic) bond motifs is 2. The lowest BCUT2D eigenvalue weighted by atomic mass is 10.0. The van der Waals surface area contributed by atoms with Crippen LogP contribution in [0.1, 0.15) is 25.3 Å². The van der Waals surface area contributed by atoms with Crippen LogP contribution in [-0.4, -0.2) is 47.1 Å². The van der Waals surface area contributed by atoms with Gasteiger partial charge in [0, 0.05) is 13.1 Å². The van der Waals surface area contributed by atoms with Crippen molar-refractivity contribution in [1.29, 1.82) is 0 Å². The first-order valence-corrected chi connectivity index (χ1v) is 7.75. The summed E-state index contributed by atoms with van der Waals surface area (Å²) in [6, 6.07) is 9.23. The van der Waals surface area contributed by atoms with Gasteiger partial charge in [-0.25, -0.2) is 4.79 Å². The fourth-order valence-corrected chi connectivity index (χ4v) is 3.08. The summed E-state index contributed by atoms with van der Waals surface area (Å²) < 4.78 is 0. The van der Waals surface area contributed by atoms with E-state index in [1.54, 1.807) is 4.90 Å². The fourth-order valence-electron chi connectivity index (χ4n) is 3.08. The molecular weight excluding hydrogens is 282 g/mol. The highest BCUT2D eigenvalue weighted by atomic mass is 16.7. The highest BCUT2D eigenvalue weighted by molar-refractivity contribution is 5.88. The summed E-state index contributed by atoms with van der Waals surface area (Å²) in [5, 5.41) is 4.25. The molecule has 22 heavy (non-hydrogen) atoms. The Morgan fingerprint density at radius 1 is 1.32 bits per heavy atom. The molecule has 3 rings (SSSR count). The molecule has 2 atom stereocenters. The summed E-state index contributed by atoms with van der Waals surface area (Å²) in [4.78, 5) is 31.9. The Morgan fingerprint density at radius 3 is 2.82 bits per heavy atom. The molecule has 0 unspecified atom stereocenters. The Kier molecular flexibility index (Phi) is 4.29. The van der Waals surface area contributed by atoms with Gasteiger partial charge in [0.05, 0.1) is 6.04 Å². The minimum atomic E-state index is -0.367. The summed E-state index contributed by atoms with van der Waals surface area (Å²) >= 11 is 0. The second kappa shape index (κ2) is 6.36. The zero-order valence-corrected chi connectivity index (χ0v) is 12.7. The maximum atomic E-state index is 12.5. The minimum Gasteiger partial charge on any atom is -0.355 e. The summed E-state index contributed by atoms with van der Waals surface area (Å²) in [6.07, 6.45) is 1.48. The lowest BCUT2D eigenvalue weighted by molar-refractivity contribution is -0.140. The maximum Gasteiger partial charge on any atom is 0.345 e. The number of hydroxylamine groups is 2. The third-order valence-electron chi connectivity index (χ3n) is 4.19. The van der Waals surface area contributed by atoms with Gasteiger partial charge in [-0.15, -0.1) is 0 Å². The summed E-state index contributed by atoms with van der Waals surface area (Å²) in [5.74, 6) is -0.0702. The van der Waals surface area contributed by atoms with Crippen molar-refractivity contribution in [2.24, 2.45) is 0 Å². The average molecular weight is 303 g/mol. The molecule has 6 nitrogen and oxygen atoms in total. The normalized spacial score (nSPS) is 23.8. The van der Waals surface area contributed by atoms with Crippen molar-refractivity contribution < 1.29 is 14.4 Å². The largest absolute Gasteiger partial charge is 0.355 e. The first-order valence-electron chi connectivity index (χ1n) is 7.75. The molecular formula is C16H21N3O3. The molecule has 0 saturated carbocycles. The van der Waals surface area contributed by atoms with Gasteiger partial charge in [0.15, 0.2) is 0 Å². The van der Waals surface area contributed by atoms with Crippen LogP contribution in [0.2, 0.25) is 0 Å². The number of likely N-dealkylation sites (N-methyl/N-ethyl adjacent to an activating group) is 1. The average Bonchev–Trinajstić information content (AvgIpc) is 2.78. The molecule has 2 saturated heterocycles. The molecule has 2 fully saturated rings. The number of urea groups is 1. The first-order chi connectivity index (χ1) is 10.7. The molecule has 3 amide bonds. The summed E-state index contributed by atoms with van der Waals surface area (Å²) in [5.41, 5.74) is 1.02. The van der Waals surface area contributed by atoms with Crippen LogP contribution in [0.4, 0.5) is 4.79 Å². The Morgan fingerprint density at radius 2 is 2.09 bits per heavy atom. The number of carbonyl (C=O) groups excluding carboxylic acids is 2. The van der Waals surface area contributed by atoms with Crippen LogP contribution < -0.4 is 5.32 Å². The Hall–Kier alpha value is -2.08. The van der Waals surface area contributed by atoms with Gasteiger partial charge in [0.25, 0.3) is 0 Å². The molecule has 0 spiro atoms. The molecule has 2 heterocycles. The smallest absolute Gasteiger partial charge is 0.345 e. The number of benzene rings is 1. The van der Waals surface area contributed by atoms with Gasteiger partial charge >= 0.3 is 6.03 Å². The van der Waals surface area contributed by atoms with Crippen molar-refractivity contribution in [3.8, 4) is 0 Å². The molecule has 0 aromatic heterocycles. The number of hydrogen-bond donors (Lipinski definition) is 1. The highest BCUT2D eigenvalue weighted by Gasteiger charge is 2.47. The third-order valence-corrected chi connectivity index (χ3v) is 4.19. The van der Waals surface area contributed by atoms with Crippen LogP contribution in [-0.2, 0) is 16.2 Å². The van der Waals surface area contributed by atoms with Gasteiger partial charge in [-0.3, -0.25) is 9.63 Å². The SMILES string of the molecule is CCNC(=O)[C@@H]1CC[C@@H]2CN1C(=O)N2OCc1ccccc1. The van der Waals surface area contributed by atoms with Gasteiger partial charge in [-0.05, 0) is 25.3 Å². The monoisotopic (exact) mass is 303 g/mol. The lowest BCUT2D eigenvalue weighted by Crippen LogP contribution is -2.49. The van der Waals surface area contributed by atoms with Gasteiger partial charge in [-0.2, -0.15) is 5.06 Å². The van der Waals surface area contributed by atoms with E-state index in [0.29, 0.717) is 26.1 Å². The van der Waals surface area contributed by atoms with Crippen LogP contribution in [0.5, 0.6) is 0 Å². The predicted molar refractivity (Wildman–Crippen MR) is 80.7 cm³/mol. The second-order valence-electron chi connectivity index (χ2n) is 5.66. The summed E-state index contributed by atoms with van der Waals surface area (Å²) in [7, 11) is 0. The number of amides is 3. The number of hydrogen-bond acceptors (Lipinski definition) is 3. The van der Waals surface area contributed by atoms with E-state index in [1.807, 2.05) is 37.3 Å². The quantitative estimate of drug-likeness (QED) is 0.897. The van der Waals surface area contributed by atoms with E-state index in [-0.39, 0.29) is 24.0 Å². The van der Waals surface area contributed by atoms with Gasteiger partial charge in [0.2, 0.25) is 5.91 Å². The summed E-state index contributed by atoms with van der Waals surface area (Å²) in [6.45, 7) is 3.39. The number of nitrogens with one attached hydrogen (secondary N) is 1. The number of nitrogens with zero attached hydrogens (tertiary/aromatic N) is 2. The van der Waals surface area contributed by atoms with Crippen molar-refractivity contribution in [2.45, 2.75) is 38.5 Å². The molecule has 1 aromatic rings.